The maximum Gasteiger partial charge on any atom is 0.228 e. The van der Waals surface area contributed by atoms with Gasteiger partial charge in [-0.15, -0.1) is 11.3 Å². The quantitative estimate of drug-likeness (QED) is 0.719. The van der Waals surface area contributed by atoms with Crippen molar-refractivity contribution in [1.82, 2.24) is 10.3 Å². The van der Waals surface area contributed by atoms with Crippen LogP contribution in [0.25, 0.3) is 11.5 Å². The van der Waals surface area contributed by atoms with Gasteiger partial charge in [-0.3, -0.25) is 9.59 Å². The Morgan fingerprint density at radius 2 is 2.26 bits per heavy atom. The number of hydrogen-bond acceptors (Lipinski definition) is 5. The smallest absolute Gasteiger partial charge is 0.228 e. The van der Waals surface area contributed by atoms with Gasteiger partial charge in [0, 0.05) is 17.5 Å². The number of amides is 2. The molecule has 6 nitrogen and oxygen atoms in total. The average molecular weight is 385 g/mol. The lowest BCUT2D eigenvalue weighted by atomic mass is 9.89. The van der Waals surface area contributed by atoms with Crippen LogP contribution < -0.4 is 10.6 Å². The number of thiazole rings is 1. The zero-order chi connectivity index (χ0) is 19.0. The summed E-state index contributed by atoms with van der Waals surface area (Å²) in [5, 5.41) is 8.25. The Labute approximate surface area is 158 Å². The van der Waals surface area contributed by atoms with Crippen LogP contribution in [0.5, 0.6) is 0 Å². The van der Waals surface area contributed by atoms with Crippen molar-refractivity contribution < 1.29 is 18.4 Å². The third-order valence-electron chi connectivity index (χ3n) is 4.34. The van der Waals surface area contributed by atoms with Crippen molar-refractivity contribution in [3.8, 4) is 11.5 Å². The van der Waals surface area contributed by atoms with Crippen LogP contribution in [0.15, 0.2) is 40.1 Å². The molecule has 1 aromatic carbocycles. The molecular formula is C19H16FN3O3S. The first kappa shape index (κ1) is 17.4. The fraction of sp³-hybridized carbons (Fsp3) is 0.211. The Morgan fingerprint density at radius 1 is 1.41 bits per heavy atom. The van der Waals surface area contributed by atoms with Gasteiger partial charge >= 0.3 is 0 Å². The van der Waals surface area contributed by atoms with Gasteiger partial charge in [-0.1, -0.05) is 6.07 Å². The molecule has 0 fully saturated rings. The largest absolute Gasteiger partial charge is 0.458 e. The highest BCUT2D eigenvalue weighted by atomic mass is 32.1. The van der Waals surface area contributed by atoms with E-state index in [0.717, 1.165) is 10.7 Å². The average Bonchev–Trinajstić information content (AvgIpc) is 3.27. The predicted octanol–water partition coefficient (Wildman–Crippen LogP) is 3.59. The summed E-state index contributed by atoms with van der Waals surface area (Å²) in [6.07, 6.45) is 0.0198. The second kappa shape index (κ2) is 6.96. The number of carbonyl (C=O) groups is 2. The molecule has 138 valence electrons. The summed E-state index contributed by atoms with van der Waals surface area (Å²) >= 11 is 1.53. The first-order valence-electron chi connectivity index (χ1n) is 8.38. The lowest BCUT2D eigenvalue weighted by Crippen LogP contribution is -2.34. The molecule has 3 aromatic rings. The number of benzene rings is 1. The topological polar surface area (TPSA) is 84.2 Å². The van der Waals surface area contributed by atoms with Crippen LogP contribution in [0, 0.1) is 12.7 Å². The zero-order valence-corrected chi connectivity index (χ0v) is 15.2. The number of fused-ring (bicyclic) bond motifs is 1. The summed E-state index contributed by atoms with van der Waals surface area (Å²) in [6, 6.07) is 7.62. The van der Waals surface area contributed by atoms with E-state index in [9.17, 15) is 14.0 Å². The Balaban J connectivity index is 1.46. The van der Waals surface area contributed by atoms with Crippen LogP contribution in [-0.4, -0.2) is 16.8 Å². The molecule has 2 N–H and O–H groups in total. The molecule has 0 spiro atoms. The third kappa shape index (κ3) is 3.61. The SMILES string of the molecule is Cc1nc(-c2ccc(CNC(=O)C3CC(=O)Nc4cc(F)ccc43)o2)cs1. The highest BCUT2D eigenvalue weighted by molar-refractivity contribution is 7.09. The van der Waals surface area contributed by atoms with Gasteiger partial charge in [0.05, 0.1) is 17.5 Å². The number of furan rings is 1. The summed E-state index contributed by atoms with van der Waals surface area (Å²) in [5.41, 5.74) is 1.70. The van der Waals surface area contributed by atoms with Crippen molar-refractivity contribution >= 4 is 28.8 Å². The summed E-state index contributed by atoms with van der Waals surface area (Å²) in [4.78, 5) is 28.8. The first-order valence-corrected chi connectivity index (χ1v) is 9.26. The standard InChI is InChI=1S/C19H16FN3O3S/c1-10-22-16(9-27-10)17-5-3-12(26-17)8-21-19(25)14-7-18(24)23-15-6-11(20)2-4-13(14)15/h2-6,9,14H,7-8H2,1H3,(H,21,25)(H,23,24). The van der Waals surface area contributed by atoms with E-state index in [2.05, 4.69) is 15.6 Å². The molecule has 4 rings (SSSR count). The van der Waals surface area contributed by atoms with Gasteiger partial charge in [-0.05, 0) is 36.8 Å². The van der Waals surface area contributed by atoms with Crippen molar-refractivity contribution in [2.75, 3.05) is 5.32 Å². The molecule has 1 atom stereocenters. The molecule has 0 radical (unpaired) electrons. The van der Waals surface area contributed by atoms with E-state index in [1.807, 2.05) is 18.4 Å². The molecule has 8 heteroatoms. The molecule has 1 aliphatic heterocycles. The number of halogens is 1. The van der Waals surface area contributed by atoms with Crippen molar-refractivity contribution in [3.05, 3.63) is 57.9 Å². The van der Waals surface area contributed by atoms with Crippen molar-refractivity contribution in [2.24, 2.45) is 0 Å². The van der Waals surface area contributed by atoms with E-state index in [-0.39, 0.29) is 24.8 Å². The van der Waals surface area contributed by atoms with Crippen molar-refractivity contribution in [3.63, 3.8) is 0 Å². The van der Waals surface area contributed by atoms with Crippen molar-refractivity contribution in [1.29, 1.82) is 0 Å². The van der Waals surface area contributed by atoms with Crippen molar-refractivity contribution in [2.45, 2.75) is 25.8 Å². The fourth-order valence-electron chi connectivity index (χ4n) is 3.06. The third-order valence-corrected chi connectivity index (χ3v) is 5.11. The summed E-state index contributed by atoms with van der Waals surface area (Å²) < 4.78 is 19.1. The van der Waals surface area contributed by atoms with Crippen LogP contribution in [0.1, 0.15) is 28.7 Å². The van der Waals surface area contributed by atoms with Crippen LogP contribution >= 0.6 is 11.3 Å². The Bertz CT molecular complexity index is 1030. The van der Waals surface area contributed by atoms with Gasteiger partial charge in [0.15, 0.2) is 5.76 Å². The molecule has 0 saturated carbocycles. The van der Waals surface area contributed by atoms with Gasteiger partial charge < -0.3 is 15.1 Å². The number of anilines is 1. The van der Waals surface area contributed by atoms with Gasteiger partial charge in [0.25, 0.3) is 0 Å². The monoisotopic (exact) mass is 385 g/mol. The molecule has 0 aliphatic carbocycles. The second-order valence-electron chi connectivity index (χ2n) is 6.27. The second-order valence-corrected chi connectivity index (χ2v) is 7.33. The summed E-state index contributed by atoms with van der Waals surface area (Å²) in [6.45, 7) is 2.11. The number of aryl methyl sites for hydroxylation is 1. The Kier molecular flexibility index (Phi) is 4.49. The summed E-state index contributed by atoms with van der Waals surface area (Å²) in [5.74, 6) is -0.516. The lowest BCUT2D eigenvalue weighted by molar-refractivity contribution is -0.126. The normalized spacial score (nSPS) is 15.9. The van der Waals surface area contributed by atoms with Crippen LogP contribution in [-0.2, 0) is 16.1 Å². The maximum atomic E-state index is 13.4. The minimum absolute atomic E-state index is 0.0198. The van der Waals surface area contributed by atoms with Gasteiger partial charge in [-0.2, -0.15) is 0 Å². The van der Waals surface area contributed by atoms with Crippen LogP contribution in [0.3, 0.4) is 0 Å². The highest BCUT2D eigenvalue weighted by Crippen LogP contribution is 2.33. The molecule has 0 bridgehead atoms. The molecule has 2 aromatic heterocycles. The fourth-order valence-corrected chi connectivity index (χ4v) is 3.66. The van der Waals surface area contributed by atoms with E-state index in [1.165, 1.54) is 29.5 Å². The number of carbonyl (C=O) groups excluding carboxylic acids is 2. The van der Waals surface area contributed by atoms with E-state index in [0.29, 0.717) is 22.8 Å². The lowest BCUT2D eigenvalue weighted by Gasteiger charge is -2.24. The molecule has 2 amide bonds. The molecule has 0 saturated heterocycles. The van der Waals surface area contributed by atoms with Crippen LogP contribution in [0.2, 0.25) is 0 Å². The molecule has 1 unspecified atom stereocenters. The molecule has 1 aliphatic rings. The van der Waals surface area contributed by atoms with E-state index in [1.54, 1.807) is 6.07 Å². The maximum absolute atomic E-state index is 13.4. The zero-order valence-electron chi connectivity index (χ0n) is 14.4. The number of hydrogen-bond donors (Lipinski definition) is 2. The predicted molar refractivity (Wildman–Crippen MR) is 98.8 cm³/mol. The number of aromatic nitrogens is 1. The number of rotatable bonds is 4. The van der Waals surface area contributed by atoms with Gasteiger partial charge in [-0.25, -0.2) is 9.37 Å². The number of nitrogens with one attached hydrogen (secondary N) is 2. The Hall–Kier alpha value is -3.00. The minimum Gasteiger partial charge on any atom is -0.458 e. The molecule has 3 heterocycles. The Morgan fingerprint density at radius 3 is 3.04 bits per heavy atom. The van der Waals surface area contributed by atoms with Gasteiger partial charge in [0.2, 0.25) is 11.8 Å². The highest BCUT2D eigenvalue weighted by Gasteiger charge is 2.30. The number of nitrogens with zero attached hydrogens (tertiary/aromatic N) is 1. The minimum atomic E-state index is -0.662. The van der Waals surface area contributed by atoms with Gasteiger partial charge in [0.1, 0.15) is 17.3 Å². The van der Waals surface area contributed by atoms with E-state index < -0.39 is 11.7 Å². The molecule has 27 heavy (non-hydrogen) atoms. The molecular weight excluding hydrogens is 369 g/mol. The van der Waals surface area contributed by atoms with E-state index >= 15 is 0 Å². The van der Waals surface area contributed by atoms with E-state index in [4.69, 9.17) is 4.42 Å². The first-order chi connectivity index (χ1) is 13.0. The summed E-state index contributed by atoms with van der Waals surface area (Å²) in [7, 11) is 0. The van der Waals surface area contributed by atoms with Crippen LogP contribution in [0.4, 0.5) is 10.1 Å².